The van der Waals surface area contributed by atoms with Crippen molar-refractivity contribution in [3.8, 4) is 11.5 Å². The highest BCUT2D eigenvalue weighted by Crippen LogP contribution is 2.33. The van der Waals surface area contributed by atoms with Gasteiger partial charge in [0.25, 0.3) is 11.1 Å². The van der Waals surface area contributed by atoms with E-state index in [1.807, 2.05) is 31.2 Å². The van der Waals surface area contributed by atoms with Gasteiger partial charge in [-0.05, 0) is 60.7 Å². The standard InChI is InChI=1S/C20H19ClN2O4S/c1-3-27-15-7-4-13(5-8-15)10-18-19(24)23(20(25)28-18)12-22-14-6-9-17(26-2)16(21)11-14/h4-11,22H,3,12H2,1-2H3/b18-10+. The highest BCUT2D eigenvalue weighted by atomic mass is 35.5. The lowest BCUT2D eigenvalue weighted by atomic mass is 10.2. The van der Waals surface area contributed by atoms with E-state index < -0.39 is 0 Å². The van der Waals surface area contributed by atoms with E-state index in [-0.39, 0.29) is 17.8 Å². The zero-order valence-corrected chi connectivity index (χ0v) is 17.0. The Morgan fingerprint density at radius 1 is 1.18 bits per heavy atom. The third kappa shape index (κ3) is 4.61. The van der Waals surface area contributed by atoms with E-state index in [2.05, 4.69) is 5.32 Å². The summed E-state index contributed by atoms with van der Waals surface area (Å²) >= 11 is 7.01. The van der Waals surface area contributed by atoms with Crippen LogP contribution in [0.4, 0.5) is 10.5 Å². The van der Waals surface area contributed by atoms with E-state index in [1.165, 1.54) is 7.11 Å². The number of hydrogen-bond donors (Lipinski definition) is 1. The highest BCUT2D eigenvalue weighted by Gasteiger charge is 2.34. The van der Waals surface area contributed by atoms with Crippen LogP contribution in [-0.2, 0) is 4.79 Å². The molecule has 3 rings (SSSR count). The van der Waals surface area contributed by atoms with Crippen molar-refractivity contribution in [3.05, 3.63) is 58.0 Å². The molecular weight excluding hydrogens is 400 g/mol. The molecule has 0 radical (unpaired) electrons. The van der Waals surface area contributed by atoms with Gasteiger partial charge in [-0.1, -0.05) is 23.7 Å². The van der Waals surface area contributed by atoms with Crippen molar-refractivity contribution in [2.45, 2.75) is 6.92 Å². The molecule has 2 aromatic carbocycles. The molecule has 0 aromatic heterocycles. The number of nitrogens with zero attached hydrogens (tertiary/aromatic N) is 1. The SMILES string of the molecule is CCOc1ccc(/C=C2/SC(=O)N(CNc3ccc(OC)c(Cl)c3)C2=O)cc1. The van der Waals surface area contributed by atoms with Gasteiger partial charge in [0.1, 0.15) is 11.5 Å². The van der Waals surface area contributed by atoms with E-state index in [0.717, 1.165) is 28.0 Å². The minimum Gasteiger partial charge on any atom is -0.495 e. The fourth-order valence-electron chi connectivity index (χ4n) is 2.56. The molecule has 1 aliphatic heterocycles. The number of imide groups is 1. The van der Waals surface area contributed by atoms with E-state index in [0.29, 0.717) is 28.0 Å². The molecule has 1 fully saturated rings. The van der Waals surface area contributed by atoms with Crippen LogP contribution in [0.5, 0.6) is 11.5 Å². The first kappa shape index (κ1) is 20.1. The zero-order chi connectivity index (χ0) is 20.1. The van der Waals surface area contributed by atoms with Gasteiger partial charge in [0.15, 0.2) is 0 Å². The average molecular weight is 419 g/mol. The summed E-state index contributed by atoms with van der Waals surface area (Å²) in [5, 5.41) is 3.15. The van der Waals surface area contributed by atoms with Crippen molar-refractivity contribution in [3.63, 3.8) is 0 Å². The summed E-state index contributed by atoms with van der Waals surface area (Å²) in [6.45, 7) is 2.55. The molecule has 0 unspecified atom stereocenters. The van der Waals surface area contributed by atoms with E-state index in [9.17, 15) is 9.59 Å². The van der Waals surface area contributed by atoms with Crippen molar-refractivity contribution in [1.29, 1.82) is 0 Å². The van der Waals surface area contributed by atoms with Gasteiger partial charge in [-0.3, -0.25) is 14.5 Å². The molecular formula is C20H19ClN2O4S. The minimum atomic E-state index is -0.337. The maximum atomic E-state index is 12.6. The Balaban J connectivity index is 1.66. The maximum Gasteiger partial charge on any atom is 0.295 e. The van der Waals surface area contributed by atoms with Gasteiger partial charge in [0.2, 0.25) is 0 Å². The third-order valence-electron chi connectivity index (χ3n) is 3.96. The van der Waals surface area contributed by atoms with E-state index in [1.54, 1.807) is 24.3 Å². The van der Waals surface area contributed by atoms with Crippen LogP contribution in [-0.4, -0.2) is 36.4 Å². The van der Waals surface area contributed by atoms with Crippen LogP contribution in [0.1, 0.15) is 12.5 Å². The van der Waals surface area contributed by atoms with Crippen molar-refractivity contribution in [1.82, 2.24) is 4.90 Å². The molecule has 2 amide bonds. The van der Waals surface area contributed by atoms with Crippen LogP contribution >= 0.6 is 23.4 Å². The Hall–Kier alpha value is -2.64. The van der Waals surface area contributed by atoms with Gasteiger partial charge < -0.3 is 14.8 Å². The molecule has 6 nitrogen and oxygen atoms in total. The number of amides is 2. The van der Waals surface area contributed by atoms with Crippen molar-refractivity contribution < 1.29 is 19.1 Å². The lowest BCUT2D eigenvalue weighted by Crippen LogP contribution is -2.33. The molecule has 0 atom stereocenters. The third-order valence-corrected chi connectivity index (χ3v) is 5.16. The summed E-state index contributed by atoms with van der Waals surface area (Å²) in [6.07, 6.45) is 1.70. The van der Waals surface area contributed by atoms with E-state index >= 15 is 0 Å². The first-order valence-electron chi connectivity index (χ1n) is 8.57. The molecule has 0 saturated carbocycles. The van der Waals surface area contributed by atoms with Gasteiger partial charge >= 0.3 is 0 Å². The predicted octanol–water partition coefficient (Wildman–Crippen LogP) is 4.85. The van der Waals surface area contributed by atoms with Crippen molar-refractivity contribution in [2.75, 3.05) is 25.7 Å². The van der Waals surface area contributed by atoms with Gasteiger partial charge in [-0.25, -0.2) is 0 Å². The number of rotatable bonds is 7. The topological polar surface area (TPSA) is 67.9 Å². The number of ether oxygens (including phenoxy) is 2. The fraction of sp³-hybridized carbons (Fsp3) is 0.200. The first-order valence-corrected chi connectivity index (χ1v) is 9.77. The Kier molecular flexibility index (Phi) is 6.49. The number of hydrogen-bond acceptors (Lipinski definition) is 6. The lowest BCUT2D eigenvalue weighted by Gasteiger charge is -2.15. The largest absolute Gasteiger partial charge is 0.495 e. The molecule has 1 aliphatic rings. The first-order chi connectivity index (χ1) is 13.5. The summed E-state index contributed by atoms with van der Waals surface area (Å²) in [5.41, 5.74) is 1.50. The normalized spacial score (nSPS) is 15.2. The Morgan fingerprint density at radius 2 is 1.93 bits per heavy atom. The zero-order valence-electron chi connectivity index (χ0n) is 15.4. The van der Waals surface area contributed by atoms with Gasteiger partial charge in [0, 0.05) is 5.69 Å². The molecule has 146 valence electrons. The number of anilines is 1. The van der Waals surface area contributed by atoms with Crippen LogP contribution in [0.3, 0.4) is 0 Å². The number of carbonyl (C=O) groups excluding carboxylic acids is 2. The second-order valence-electron chi connectivity index (χ2n) is 5.80. The van der Waals surface area contributed by atoms with Gasteiger partial charge in [0.05, 0.1) is 30.3 Å². The summed E-state index contributed by atoms with van der Waals surface area (Å²) in [5.74, 6) is 0.975. The predicted molar refractivity (Wildman–Crippen MR) is 112 cm³/mol. The monoisotopic (exact) mass is 418 g/mol. The van der Waals surface area contributed by atoms with Crippen LogP contribution in [0, 0.1) is 0 Å². The quantitative estimate of drug-likeness (QED) is 0.648. The molecule has 1 heterocycles. The van der Waals surface area contributed by atoms with Crippen LogP contribution in [0.25, 0.3) is 6.08 Å². The molecule has 2 aromatic rings. The lowest BCUT2D eigenvalue weighted by molar-refractivity contribution is -0.122. The Bertz CT molecular complexity index is 915. The number of benzene rings is 2. The molecule has 0 spiro atoms. The summed E-state index contributed by atoms with van der Waals surface area (Å²) in [6, 6.07) is 12.5. The number of methoxy groups -OCH3 is 1. The van der Waals surface area contributed by atoms with Crippen molar-refractivity contribution in [2.24, 2.45) is 0 Å². The molecule has 0 bridgehead atoms. The molecule has 1 saturated heterocycles. The number of thioether (sulfide) groups is 1. The van der Waals surface area contributed by atoms with Gasteiger partial charge in [-0.15, -0.1) is 0 Å². The smallest absolute Gasteiger partial charge is 0.295 e. The molecule has 28 heavy (non-hydrogen) atoms. The molecule has 0 aliphatic carbocycles. The van der Waals surface area contributed by atoms with E-state index in [4.69, 9.17) is 21.1 Å². The van der Waals surface area contributed by atoms with Crippen LogP contribution < -0.4 is 14.8 Å². The maximum absolute atomic E-state index is 12.6. The summed E-state index contributed by atoms with van der Waals surface area (Å²) in [4.78, 5) is 26.4. The minimum absolute atomic E-state index is 0.0495. The Labute approximate surface area is 172 Å². The number of halogens is 1. The average Bonchev–Trinajstić information content (AvgIpc) is 2.95. The summed E-state index contributed by atoms with van der Waals surface area (Å²) in [7, 11) is 1.53. The molecule has 1 N–H and O–H groups in total. The van der Waals surface area contributed by atoms with Crippen LogP contribution in [0.15, 0.2) is 47.4 Å². The molecule has 8 heteroatoms. The highest BCUT2D eigenvalue weighted by molar-refractivity contribution is 8.18. The van der Waals surface area contributed by atoms with Crippen molar-refractivity contribution >= 4 is 46.3 Å². The number of carbonyl (C=O) groups is 2. The van der Waals surface area contributed by atoms with Crippen LogP contribution in [0.2, 0.25) is 5.02 Å². The summed E-state index contributed by atoms with van der Waals surface area (Å²) < 4.78 is 10.5. The fourth-order valence-corrected chi connectivity index (χ4v) is 3.66. The van der Waals surface area contributed by atoms with Gasteiger partial charge in [-0.2, -0.15) is 0 Å². The number of nitrogens with one attached hydrogen (secondary N) is 1. The second kappa shape index (κ2) is 9.03. The second-order valence-corrected chi connectivity index (χ2v) is 7.20. The Morgan fingerprint density at radius 3 is 2.57 bits per heavy atom.